The van der Waals surface area contributed by atoms with E-state index in [-0.39, 0.29) is 0 Å². The second-order valence-electron chi connectivity index (χ2n) is 3.83. The Morgan fingerprint density at radius 2 is 2.18 bits per heavy atom. The molecule has 1 rings (SSSR count). The molecule has 1 aliphatic rings. The Morgan fingerprint density at radius 1 is 1.55 bits per heavy atom. The van der Waals surface area contributed by atoms with Crippen LogP contribution >= 0.6 is 11.6 Å². The summed E-state index contributed by atoms with van der Waals surface area (Å²) in [6, 6.07) is 0. The van der Waals surface area contributed by atoms with E-state index in [2.05, 4.69) is 20.8 Å². The van der Waals surface area contributed by atoms with Gasteiger partial charge in [0.25, 0.3) is 0 Å². The summed E-state index contributed by atoms with van der Waals surface area (Å²) in [7, 11) is 0. The van der Waals surface area contributed by atoms with Gasteiger partial charge in [0, 0.05) is 5.88 Å². The Hall–Kier alpha value is 0.0300. The molecule has 0 amide bonds. The van der Waals surface area contributed by atoms with E-state index in [4.69, 9.17) is 11.6 Å². The Labute approximate surface area is 74.6 Å². The zero-order valence-corrected chi connectivity index (χ0v) is 8.41. The van der Waals surface area contributed by atoms with E-state index < -0.39 is 0 Å². The van der Waals surface area contributed by atoms with Gasteiger partial charge in [-0.1, -0.05) is 25.0 Å². The molecule has 0 aromatic carbocycles. The summed E-state index contributed by atoms with van der Waals surface area (Å²) in [6.45, 7) is 6.80. The molecule has 0 radical (unpaired) electrons. The van der Waals surface area contributed by atoms with Crippen molar-refractivity contribution in [1.29, 1.82) is 0 Å². The number of halogens is 1. The van der Waals surface area contributed by atoms with Gasteiger partial charge in [0.1, 0.15) is 0 Å². The lowest BCUT2D eigenvalue weighted by atomic mass is 9.90. The predicted molar refractivity (Wildman–Crippen MR) is 51.0 cm³/mol. The number of hydrogen-bond acceptors (Lipinski definition) is 0. The molecule has 0 aromatic heterocycles. The maximum atomic E-state index is 5.88. The maximum absolute atomic E-state index is 5.88. The van der Waals surface area contributed by atoms with Crippen LogP contribution in [-0.4, -0.2) is 5.88 Å². The fourth-order valence-corrected chi connectivity index (χ4v) is 2.40. The van der Waals surface area contributed by atoms with Crippen LogP contribution in [0.1, 0.15) is 33.6 Å². The van der Waals surface area contributed by atoms with Gasteiger partial charge in [0.15, 0.2) is 0 Å². The van der Waals surface area contributed by atoms with Crippen LogP contribution in [0.25, 0.3) is 0 Å². The van der Waals surface area contributed by atoms with Crippen LogP contribution in [0.5, 0.6) is 0 Å². The molecule has 0 unspecified atom stereocenters. The van der Waals surface area contributed by atoms with Gasteiger partial charge >= 0.3 is 0 Å². The monoisotopic (exact) mass is 172 g/mol. The van der Waals surface area contributed by atoms with Crippen LogP contribution in [0, 0.1) is 11.8 Å². The maximum Gasteiger partial charge on any atom is 0.0438 e. The van der Waals surface area contributed by atoms with Crippen molar-refractivity contribution in [2.24, 2.45) is 11.8 Å². The molecule has 0 N–H and O–H groups in total. The highest BCUT2D eigenvalue weighted by atomic mass is 35.5. The van der Waals surface area contributed by atoms with Crippen LogP contribution < -0.4 is 0 Å². The predicted octanol–water partition coefficient (Wildman–Crippen LogP) is 3.61. The van der Waals surface area contributed by atoms with Crippen molar-refractivity contribution in [2.75, 3.05) is 5.88 Å². The molecule has 0 bridgehead atoms. The Kier molecular flexibility index (Phi) is 3.00. The molecule has 11 heavy (non-hydrogen) atoms. The molecule has 0 spiro atoms. The fourth-order valence-electron chi connectivity index (χ4n) is 1.97. The molecular weight excluding hydrogens is 156 g/mol. The Balaban J connectivity index is 2.72. The van der Waals surface area contributed by atoms with Crippen LogP contribution in [0.2, 0.25) is 0 Å². The standard InChI is InChI=1S/C10H17Cl/c1-7(2)9-5-4-8(3)10(9)6-11/h7,9H,4-6H2,1-3H3/t9-/m1/s1. The third-order valence-corrected chi connectivity index (χ3v) is 3.06. The highest BCUT2D eigenvalue weighted by molar-refractivity contribution is 6.19. The van der Waals surface area contributed by atoms with Gasteiger partial charge in [-0.3, -0.25) is 0 Å². The van der Waals surface area contributed by atoms with E-state index in [1.807, 2.05) is 0 Å². The van der Waals surface area contributed by atoms with Crippen LogP contribution in [0.3, 0.4) is 0 Å². The summed E-state index contributed by atoms with van der Waals surface area (Å²) in [5.41, 5.74) is 3.06. The van der Waals surface area contributed by atoms with Crippen molar-refractivity contribution < 1.29 is 0 Å². The van der Waals surface area contributed by atoms with E-state index >= 15 is 0 Å². The zero-order valence-electron chi connectivity index (χ0n) is 7.65. The second-order valence-corrected chi connectivity index (χ2v) is 4.10. The first-order chi connectivity index (χ1) is 5.16. The molecule has 1 heteroatoms. The highest BCUT2D eigenvalue weighted by Gasteiger charge is 2.24. The summed E-state index contributed by atoms with van der Waals surface area (Å²) in [5, 5.41) is 0. The SMILES string of the molecule is CC1=C(CCl)[C@@H](C(C)C)CC1. The lowest BCUT2D eigenvalue weighted by molar-refractivity contribution is 0.440. The third kappa shape index (κ3) is 1.79. The van der Waals surface area contributed by atoms with E-state index in [9.17, 15) is 0 Å². The molecule has 64 valence electrons. The molecule has 0 heterocycles. The summed E-state index contributed by atoms with van der Waals surface area (Å²) >= 11 is 5.88. The molecule has 0 saturated heterocycles. The summed E-state index contributed by atoms with van der Waals surface area (Å²) in [6.07, 6.45) is 2.59. The molecular formula is C10H17Cl. The highest BCUT2D eigenvalue weighted by Crippen LogP contribution is 2.36. The Bertz CT molecular complexity index is 168. The topological polar surface area (TPSA) is 0 Å². The smallest absolute Gasteiger partial charge is 0.0438 e. The minimum atomic E-state index is 0.745. The van der Waals surface area contributed by atoms with Crippen molar-refractivity contribution in [3.63, 3.8) is 0 Å². The fraction of sp³-hybridized carbons (Fsp3) is 0.800. The number of allylic oxidation sites excluding steroid dienone is 2. The van der Waals surface area contributed by atoms with Gasteiger partial charge in [0.2, 0.25) is 0 Å². The van der Waals surface area contributed by atoms with E-state index in [0.717, 1.165) is 17.7 Å². The third-order valence-electron chi connectivity index (χ3n) is 2.77. The first kappa shape index (κ1) is 9.12. The minimum Gasteiger partial charge on any atom is -0.122 e. The van der Waals surface area contributed by atoms with Crippen molar-refractivity contribution >= 4 is 11.6 Å². The summed E-state index contributed by atoms with van der Waals surface area (Å²) in [4.78, 5) is 0. The average Bonchev–Trinajstić information content (AvgIpc) is 2.30. The van der Waals surface area contributed by atoms with Crippen LogP contribution in [0.4, 0.5) is 0 Å². The molecule has 0 aliphatic heterocycles. The minimum absolute atomic E-state index is 0.745. The van der Waals surface area contributed by atoms with Crippen molar-refractivity contribution in [1.82, 2.24) is 0 Å². The molecule has 0 aromatic rings. The molecule has 0 saturated carbocycles. The van der Waals surface area contributed by atoms with Gasteiger partial charge in [0.05, 0.1) is 0 Å². The zero-order chi connectivity index (χ0) is 8.43. The lowest BCUT2D eigenvalue weighted by Crippen LogP contribution is -2.08. The summed E-state index contributed by atoms with van der Waals surface area (Å²) < 4.78 is 0. The van der Waals surface area contributed by atoms with E-state index in [1.54, 1.807) is 5.57 Å². The van der Waals surface area contributed by atoms with E-state index in [0.29, 0.717) is 0 Å². The average molecular weight is 173 g/mol. The van der Waals surface area contributed by atoms with Gasteiger partial charge in [-0.15, -0.1) is 11.6 Å². The van der Waals surface area contributed by atoms with Gasteiger partial charge in [-0.05, 0) is 31.6 Å². The number of alkyl halides is 1. The normalized spacial score (nSPS) is 25.4. The van der Waals surface area contributed by atoms with Crippen LogP contribution in [0.15, 0.2) is 11.1 Å². The van der Waals surface area contributed by atoms with Crippen molar-refractivity contribution in [2.45, 2.75) is 33.6 Å². The lowest BCUT2D eigenvalue weighted by Gasteiger charge is -2.17. The first-order valence-electron chi connectivity index (χ1n) is 4.41. The van der Waals surface area contributed by atoms with Gasteiger partial charge < -0.3 is 0 Å². The quantitative estimate of drug-likeness (QED) is 0.441. The van der Waals surface area contributed by atoms with Gasteiger partial charge in [-0.25, -0.2) is 0 Å². The number of rotatable bonds is 2. The van der Waals surface area contributed by atoms with Crippen molar-refractivity contribution in [3.05, 3.63) is 11.1 Å². The Morgan fingerprint density at radius 3 is 2.55 bits per heavy atom. The van der Waals surface area contributed by atoms with Gasteiger partial charge in [-0.2, -0.15) is 0 Å². The molecule has 1 aliphatic carbocycles. The number of hydrogen-bond donors (Lipinski definition) is 0. The molecule has 0 fully saturated rings. The largest absolute Gasteiger partial charge is 0.122 e. The molecule has 1 atom stereocenters. The molecule has 0 nitrogen and oxygen atoms in total. The van der Waals surface area contributed by atoms with Crippen LogP contribution in [-0.2, 0) is 0 Å². The summed E-state index contributed by atoms with van der Waals surface area (Å²) in [5.74, 6) is 2.28. The van der Waals surface area contributed by atoms with E-state index in [1.165, 1.54) is 18.4 Å². The second kappa shape index (κ2) is 3.62. The first-order valence-corrected chi connectivity index (χ1v) is 4.94. The van der Waals surface area contributed by atoms with Crippen molar-refractivity contribution in [3.8, 4) is 0 Å².